The number of hydrogen-bond donors (Lipinski definition) is 3. The maximum absolute atomic E-state index is 13.8. The van der Waals surface area contributed by atoms with E-state index in [0.29, 0.717) is 23.6 Å². The smallest absolute Gasteiger partial charge is 0.248 e. The monoisotopic (exact) mass is 479 g/mol. The second-order valence-electron chi connectivity index (χ2n) is 9.25. The summed E-state index contributed by atoms with van der Waals surface area (Å²) in [5.74, 6) is -1.82. The van der Waals surface area contributed by atoms with Crippen LogP contribution < -0.4 is 10.6 Å². The minimum atomic E-state index is -0.797. The Hall–Kier alpha value is -1.77. The number of halogens is 1. The molecule has 1 spiro atoms. The zero-order chi connectivity index (χ0) is 23.4. The summed E-state index contributed by atoms with van der Waals surface area (Å²) in [4.78, 5) is 42.1. The fraction of sp³-hybridized carbons (Fsp3) is 0.609. The summed E-state index contributed by atoms with van der Waals surface area (Å²) >= 11 is 7.97. The Morgan fingerprint density at radius 1 is 1.34 bits per heavy atom. The van der Waals surface area contributed by atoms with Gasteiger partial charge in [0, 0.05) is 11.8 Å². The van der Waals surface area contributed by atoms with Crippen molar-refractivity contribution in [2.45, 2.75) is 61.6 Å². The predicted molar refractivity (Wildman–Crippen MR) is 126 cm³/mol. The highest BCUT2D eigenvalue weighted by molar-refractivity contribution is 8.02. The van der Waals surface area contributed by atoms with Crippen LogP contribution in [0.25, 0.3) is 0 Å². The molecular weight excluding hydrogens is 450 g/mol. The molecule has 2 unspecified atom stereocenters. The standard InChI is InChI=1S/C23H30ClN3O4S/c1-5-13(11-28)27-18(20(30)26-17-12(2)7-6-8-14(17)24)23-10-9-22(3,32-23)15(19(29)25-4)16(23)21(27)31/h6-8,13,15-16,18,28H,5,9-11H2,1-4H3,(H,25,29)(H,26,30)/t13-,15+,16-,18?,22-,23?/m0/s1. The molecule has 3 fully saturated rings. The van der Waals surface area contributed by atoms with Gasteiger partial charge in [0.25, 0.3) is 0 Å². The number of nitrogens with one attached hydrogen (secondary N) is 2. The van der Waals surface area contributed by atoms with Gasteiger partial charge < -0.3 is 20.6 Å². The number of anilines is 1. The van der Waals surface area contributed by atoms with Gasteiger partial charge in [0.1, 0.15) is 6.04 Å². The highest BCUT2D eigenvalue weighted by atomic mass is 35.5. The summed E-state index contributed by atoms with van der Waals surface area (Å²) in [6, 6.07) is 4.10. The maximum atomic E-state index is 13.8. The normalized spacial score (nSPS) is 33.9. The van der Waals surface area contributed by atoms with Gasteiger partial charge in [-0.15, -0.1) is 11.8 Å². The molecule has 3 amide bonds. The first kappa shape index (κ1) is 23.4. The molecule has 4 rings (SSSR count). The highest BCUT2D eigenvalue weighted by Gasteiger charge is 2.77. The van der Waals surface area contributed by atoms with E-state index in [2.05, 4.69) is 10.6 Å². The van der Waals surface area contributed by atoms with Crippen molar-refractivity contribution in [2.24, 2.45) is 11.8 Å². The Kier molecular flexibility index (Phi) is 6.01. The van der Waals surface area contributed by atoms with Gasteiger partial charge in [-0.05, 0) is 44.7 Å². The zero-order valence-electron chi connectivity index (χ0n) is 18.8. The van der Waals surface area contributed by atoms with Crippen molar-refractivity contribution in [1.29, 1.82) is 0 Å². The molecule has 2 bridgehead atoms. The molecule has 7 nitrogen and oxygen atoms in total. The molecule has 0 aliphatic carbocycles. The van der Waals surface area contributed by atoms with Crippen LogP contribution >= 0.6 is 23.4 Å². The number of nitrogens with zero attached hydrogens (tertiary/aromatic N) is 1. The molecule has 3 heterocycles. The van der Waals surface area contributed by atoms with Crippen molar-refractivity contribution < 1.29 is 19.5 Å². The fourth-order valence-corrected chi connectivity index (χ4v) is 8.62. The minimum Gasteiger partial charge on any atom is -0.394 e. The zero-order valence-corrected chi connectivity index (χ0v) is 20.3. The first-order chi connectivity index (χ1) is 15.1. The third-order valence-electron chi connectivity index (χ3n) is 7.54. The van der Waals surface area contributed by atoms with Gasteiger partial charge in [-0.1, -0.05) is 30.7 Å². The number of aliphatic hydroxyl groups is 1. The molecule has 174 valence electrons. The molecule has 3 aliphatic heterocycles. The van der Waals surface area contributed by atoms with Gasteiger partial charge >= 0.3 is 0 Å². The van der Waals surface area contributed by atoms with E-state index in [9.17, 15) is 19.5 Å². The second-order valence-corrected chi connectivity index (χ2v) is 11.6. The lowest BCUT2D eigenvalue weighted by atomic mass is 9.66. The number of carbonyl (C=O) groups is 3. The molecule has 9 heteroatoms. The van der Waals surface area contributed by atoms with E-state index in [1.54, 1.807) is 29.8 Å². The Balaban J connectivity index is 1.81. The van der Waals surface area contributed by atoms with E-state index in [4.69, 9.17) is 11.6 Å². The largest absolute Gasteiger partial charge is 0.394 e. The number of amides is 3. The minimum absolute atomic E-state index is 0.167. The van der Waals surface area contributed by atoms with Gasteiger partial charge in [-0.2, -0.15) is 0 Å². The van der Waals surface area contributed by atoms with Crippen LogP contribution in [0.3, 0.4) is 0 Å². The fourth-order valence-electron chi connectivity index (χ4n) is 6.01. The first-order valence-electron chi connectivity index (χ1n) is 11.1. The molecule has 1 aromatic carbocycles. The number of fused-ring (bicyclic) bond motifs is 1. The van der Waals surface area contributed by atoms with Crippen LogP contribution in [0.5, 0.6) is 0 Å². The number of likely N-dealkylation sites (tertiary alicyclic amines) is 1. The molecule has 3 saturated heterocycles. The van der Waals surface area contributed by atoms with Crippen molar-refractivity contribution in [3.8, 4) is 0 Å². The number of para-hydroxylation sites is 1. The quantitative estimate of drug-likeness (QED) is 0.582. The lowest BCUT2D eigenvalue weighted by Gasteiger charge is -2.36. The Bertz CT molecular complexity index is 950. The van der Waals surface area contributed by atoms with Gasteiger partial charge in [0.05, 0.1) is 39.9 Å². The average molecular weight is 480 g/mol. The Labute approximate surface area is 197 Å². The van der Waals surface area contributed by atoms with Gasteiger partial charge in [-0.25, -0.2) is 0 Å². The SMILES string of the molecule is CC[C@@H](CO)N1C(=O)[C@@H]2[C@H](C(=O)NC)[C@]3(C)CCC2(S3)C1C(=O)Nc1c(C)cccc1Cl. The lowest BCUT2D eigenvalue weighted by Crippen LogP contribution is -2.54. The number of aliphatic hydroxyl groups excluding tert-OH is 1. The van der Waals surface area contributed by atoms with Crippen molar-refractivity contribution in [3.63, 3.8) is 0 Å². The topological polar surface area (TPSA) is 98.7 Å². The molecule has 1 aromatic rings. The third kappa shape index (κ3) is 3.17. The molecule has 3 aliphatic rings. The van der Waals surface area contributed by atoms with Crippen LogP contribution in [0.15, 0.2) is 18.2 Å². The van der Waals surface area contributed by atoms with Crippen molar-refractivity contribution in [1.82, 2.24) is 10.2 Å². The van der Waals surface area contributed by atoms with E-state index in [0.717, 1.165) is 12.0 Å². The second kappa shape index (κ2) is 8.22. The number of hydrogen-bond acceptors (Lipinski definition) is 5. The van der Waals surface area contributed by atoms with Gasteiger partial charge in [0.15, 0.2) is 0 Å². The van der Waals surface area contributed by atoms with Crippen LogP contribution in [-0.4, -0.2) is 63.0 Å². The molecular formula is C23H30ClN3O4S. The van der Waals surface area contributed by atoms with Crippen molar-refractivity contribution >= 4 is 46.8 Å². The number of thioether (sulfide) groups is 1. The maximum Gasteiger partial charge on any atom is 0.248 e. The van der Waals surface area contributed by atoms with Crippen LogP contribution in [0.2, 0.25) is 5.02 Å². The van der Waals surface area contributed by atoms with E-state index >= 15 is 0 Å². The third-order valence-corrected chi connectivity index (χ3v) is 9.84. The van der Waals surface area contributed by atoms with Gasteiger partial charge in [-0.3, -0.25) is 14.4 Å². The van der Waals surface area contributed by atoms with Crippen molar-refractivity contribution in [2.75, 3.05) is 19.0 Å². The lowest BCUT2D eigenvalue weighted by molar-refractivity contribution is -0.142. The van der Waals surface area contributed by atoms with Gasteiger partial charge in [0.2, 0.25) is 17.7 Å². The Morgan fingerprint density at radius 2 is 2.06 bits per heavy atom. The van der Waals surface area contributed by atoms with Crippen LogP contribution in [0.4, 0.5) is 5.69 Å². The number of benzene rings is 1. The summed E-state index contributed by atoms with van der Waals surface area (Å²) in [6.45, 7) is 5.53. The Morgan fingerprint density at radius 3 is 2.66 bits per heavy atom. The predicted octanol–water partition coefficient (Wildman–Crippen LogP) is 2.59. The van der Waals surface area contributed by atoms with Crippen LogP contribution in [0.1, 0.15) is 38.7 Å². The van der Waals surface area contributed by atoms with E-state index < -0.39 is 33.4 Å². The first-order valence-corrected chi connectivity index (χ1v) is 12.3. The number of rotatable bonds is 6. The number of aryl methyl sites for hydroxylation is 1. The average Bonchev–Trinajstić information content (AvgIpc) is 3.32. The van der Waals surface area contributed by atoms with E-state index in [1.807, 2.05) is 32.9 Å². The summed E-state index contributed by atoms with van der Waals surface area (Å²) in [7, 11) is 1.58. The van der Waals surface area contributed by atoms with Crippen molar-refractivity contribution in [3.05, 3.63) is 28.8 Å². The van der Waals surface area contributed by atoms with E-state index in [-0.39, 0.29) is 24.3 Å². The summed E-state index contributed by atoms with van der Waals surface area (Å²) in [5.41, 5.74) is 1.35. The van der Waals surface area contributed by atoms with E-state index in [1.165, 1.54) is 0 Å². The molecule has 3 N–H and O–H groups in total. The molecule has 0 aromatic heterocycles. The van der Waals surface area contributed by atoms with Crippen LogP contribution in [-0.2, 0) is 14.4 Å². The number of carbonyl (C=O) groups excluding carboxylic acids is 3. The summed E-state index contributed by atoms with van der Waals surface area (Å²) in [5, 5.41) is 16.2. The molecule has 6 atom stereocenters. The summed E-state index contributed by atoms with van der Waals surface area (Å²) in [6.07, 6.45) is 1.92. The molecule has 0 radical (unpaired) electrons. The van der Waals surface area contributed by atoms with Crippen LogP contribution in [0, 0.1) is 18.8 Å². The summed E-state index contributed by atoms with van der Waals surface area (Å²) < 4.78 is -1.13. The highest BCUT2D eigenvalue weighted by Crippen LogP contribution is 2.71. The molecule has 32 heavy (non-hydrogen) atoms. The molecule has 0 saturated carbocycles.